The number of allylic oxidation sites excluding steroid dienone is 2. The molecule has 254 valence electrons. The Morgan fingerprint density at radius 2 is 1.90 bits per heavy atom. The van der Waals surface area contributed by atoms with Crippen molar-refractivity contribution in [3.05, 3.63) is 82.0 Å². The summed E-state index contributed by atoms with van der Waals surface area (Å²) in [6.07, 6.45) is 0.0549. The zero-order valence-electron chi connectivity index (χ0n) is 26.9. The molecule has 0 radical (unpaired) electrons. The second-order valence-electron chi connectivity index (χ2n) is 12.9. The van der Waals surface area contributed by atoms with Gasteiger partial charge >= 0.3 is 5.69 Å². The number of amides is 1. The Kier molecular flexibility index (Phi) is 8.73. The SMILES string of the molecule is C=CC(=O)N1C[C@H](C)N(c2nc(=O)n3c4nc(c(F)cc24)C2=C(F)C=C(F)CC2OCC(F)(F)CCc2ccnc(C(C)C)c2-3)C[C@H]1C. The normalized spacial score (nSPS) is 22.9. The zero-order chi connectivity index (χ0) is 34.7. The zero-order valence-corrected chi connectivity index (χ0v) is 26.9. The van der Waals surface area contributed by atoms with Gasteiger partial charge in [0, 0.05) is 55.9 Å². The monoisotopic (exact) mass is 670 g/mol. The van der Waals surface area contributed by atoms with Gasteiger partial charge in [0.15, 0.2) is 5.65 Å². The third-order valence-corrected chi connectivity index (χ3v) is 9.08. The number of nitrogens with zero attached hydrogens (tertiary/aromatic N) is 6. The van der Waals surface area contributed by atoms with E-state index in [-0.39, 0.29) is 66.0 Å². The lowest BCUT2D eigenvalue weighted by Crippen LogP contribution is -2.58. The van der Waals surface area contributed by atoms with E-state index in [1.54, 1.807) is 9.80 Å². The summed E-state index contributed by atoms with van der Waals surface area (Å²) in [6.45, 7) is 10.1. The molecule has 1 amide bonds. The number of aryl methyl sites for hydroxylation is 1. The third-order valence-electron chi connectivity index (χ3n) is 9.08. The number of ether oxygens (including phenoxy) is 1. The fourth-order valence-corrected chi connectivity index (χ4v) is 6.68. The predicted molar refractivity (Wildman–Crippen MR) is 170 cm³/mol. The number of carbonyl (C=O) groups excluding carboxylic acids is 1. The van der Waals surface area contributed by atoms with Gasteiger partial charge in [-0.25, -0.2) is 36.3 Å². The number of aromatic nitrogens is 4. The maximum atomic E-state index is 16.3. The summed E-state index contributed by atoms with van der Waals surface area (Å²) < 4.78 is 83.4. The molecule has 5 heterocycles. The van der Waals surface area contributed by atoms with E-state index in [1.807, 2.05) is 27.7 Å². The van der Waals surface area contributed by atoms with Crippen LogP contribution in [0.4, 0.5) is 27.8 Å². The van der Waals surface area contributed by atoms with Crippen molar-refractivity contribution in [1.29, 1.82) is 0 Å². The highest BCUT2D eigenvalue weighted by Gasteiger charge is 2.38. The Bertz CT molecular complexity index is 1940. The van der Waals surface area contributed by atoms with Crippen LogP contribution in [0.1, 0.15) is 63.4 Å². The Labute approximate surface area is 273 Å². The van der Waals surface area contributed by atoms with Crippen molar-refractivity contribution in [3.63, 3.8) is 0 Å². The lowest BCUT2D eigenvalue weighted by Gasteiger charge is -2.44. The predicted octanol–water partition coefficient (Wildman–Crippen LogP) is 5.95. The van der Waals surface area contributed by atoms with Crippen molar-refractivity contribution in [1.82, 2.24) is 24.4 Å². The summed E-state index contributed by atoms with van der Waals surface area (Å²) in [6, 6.07) is 1.86. The second kappa shape index (κ2) is 12.5. The molecule has 0 N–H and O–H groups in total. The van der Waals surface area contributed by atoms with Gasteiger partial charge in [0.25, 0.3) is 5.92 Å². The first kappa shape index (κ1) is 33.4. The third kappa shape index (κ3) is 5.90. The van der Waals surface area contributed by atoms with Crippen molar-refractivity contribution >= 4 is 28.3 Å². The molecule has 1 aliphatic carbocycles. The lowest BCUT2D eigenvalue weighted by atomic mass is 9.95. The molecule has 1 unspecified atom stereocenters. The number of pyridine rings is 2. The molecule has 6 rings (SSSR count). The molecule has 0 spiro atoms. The molecule has 48 heavy (non-hydrogen) atoms. The van der Waals surface area contributed by atoms with Crippen LogP contribution in [-0.4, -0.2) is 74.1 Å². The van der Waals surface area contributed by atoms with Crippen LogP contribution in [0, 0.1) is 5.82 Å². The fraction of sp³-hybridized carbons (Fsp3) is 0.441. The van der Waals surface area contributed by atoms with Crippen LogP contribution in [0.5, 0.6) is 0 Å². The summed E-state index contributed by atoms with van der Waals surface area (Å²) in [5.74, 6) is -7.17. The van der Waals surface area contributed by atoms with E-state index in [0.29, 0.717) is 17.3 Å². The molecule has 1 saturated heterocycles. The number of fused-ring (bicyclic) bond motifs is 5. The summed E-state index contributed by atoms with van der Waals surface area (Å²) in [5.41, 5.74) is -1.22. The minimum absolute atomic E-state index is 0.0819. The lowest BCUT2D eigenvalue weighted by molar-refractivity contribution is -0.128. The van der Waals surface area contributed by atoms with E-state index in [0.717, 1.165) is 10.6 Å². The molecule has 0 aromatic carbocycles. The largest absolute Gasteiger partial charge is 0.367 e. The highest BCUT2D eigenvalue weighted by atomic mass is 19.3. The minimum atomic E-state index is -3.44. The quantitative estimate of drug-likeness (QED) is 0.251. The topological polar surface area (TPSA) is 93.5 Å². The fourth-order valence-electron chi connectivity index (χ4n) is 6.68. The van der Waals surface area contributed by atoms with Crippen molar-refractivity contribution in [2.75, 3.05) is 24.6 Å². The van der Waals surface area contributed by atoms with E-state index in [9.17, 15) is 14.0 Å². The standard InChI is InChI=1S/C34H35F5N6O3/c1-6-26(46)43-14-19(5)44(15-18(43)4)31-22-13-24(37)29-27-23(36)11-21(35)12-25(27)48-16-34(38,39)9-7-20-8-10-40-28(17(2)3)30(20)45(32(22)41-29)33(47)42-31/h6,8,10-11,13,17-19,25H,1,7,9,12,14-16H2,2-5H3/t18-,19+,25?/m1/s1. The number of halogens is 5. The van der Waals surface area contributed by atoms with Gasteiger partial charge in [-0.3, -0.25) is 9.78 Å². The highest BCUT2D eigenvalue weighted by Crippen LogP contribution is 2.40. The molecule has 1 fully saturated rings. The van der Waals surface area contributed by atoms with Crippen LogP contribution in [-0.2, 0) is 16.0 Å². The van der Waals surface area contributed by atoms with Crippen molar-refractivity contribution in [3.8, 4) is 5.69 Å². The number of hydrogen-bond acceptors (Lipinski definition) is 7. The Morgan fingerprint density at radius 3 is 2.60 bits per heavy atom. The van der Waals surface area contributed by atoms with Gasteiger partial charge in [0.1, 0.15) is 35.6 Å². The molecule has 3 aliphatic rings. The molecule has 3 atom stereocenters. The molecule has 2 aliphatic heterocycles. The van der Waals surface area contributed by atoms with Crippen LogP contribution in [0.25, 0.3) is 22.3 Å². The minimum Gasteiger partial charge on any atom is -0.367 e. The summed E-state index contributed by atoms with van der Waals surface area (Å²) in [7, 11) is 0. The first-order chi connectivity index (χ1) is 22.7. The van der Waals surface area contributed by atoms with Crippen LogP contribution in [0.2, 0.25) is 0 Å². The first-order valence-electron chi connectivity index (χ1n) is 15.8. The van der Waals surface area contributed by atoms with Crippen LogP contribution in [0.15, 0.2) is 53.5 Å². The summed E-state index contributed by atoms with van der Waals surface area (Å²) >= 11 is 0. The van der Waals surface area contributed by atoms with E-state index in [1.165, 1.54) is 18.3 Å². The number of hydrogen-bond donors (Lipinski definition) is 0. The van der Waals surface area contributed by atoms with Gasteiger partial charge in [-0.2, -0.15) is 4.98 Å². The van der Waals surface area contributed by atoms with E-state index >= 15 is 17.6 Å². The number of rotatable bonds is 3. The average Bonchev–Trinajstić information content (AvgIpc) is 3.03. The highest BCUT2D eigenvalue weighted by molar-refractivity contribution is 5.91. The Morgan fingerprint density at radius 1 is 1.15 bits per heavy atom. The average molecular weight is 671 g/mol. The molecular formula is C34H35F5N6O3. The van der Waals surface area contributed by atoms with Crippen molar-refractivity contribution in [2.24, 2.45) is 0 Å². The summed E-state index contributed by atoms with van der Waals surface area (Å²) in [4.78, 5) is 43.6. The van der Waals surface area contributed by atoms with Gasteiger partial charge in [-0.05, 0) is 50.0 Å². The Balaban J connectivity index is 1.69. The number of carbonyl (C=O) groups is 1. The molecule has 14 heteroatoms. The molecule has 2 bridgehead atoms. The maximum absolute atomic E-state index is 16.3. The molecule has 0 saturated carbocycles. The number of alkyl halides is 2. The van der Waals surface area contributed by atoms with Gasteiger partial charge in [0.2, 0.25) is 5.91 Å². The first-order valence-corrected chi connectivity index (χ1v) is 15.8. The maximum Gasteiger partial charge on any atom is 0.355 e. The summed E-state index contributed by atoms with van der Waals surface area (Å²) in [5, 5.41) is 0.0825. The Hall–Kier alpha value is -4.46. The van der Waals surface area contributed by atoms with Crippen LogP contribution < -0.4 is 10.6 Å². The van der Waals surface area contributed by atoms with E-state index < -0.39 is 65.9 Å². The molecule has 3 aromatic heterocycles. The second-order valence-corrected chi connectivity index (χ2v) is 12.9. The van der Waals surface area contributed by atoms with Crippen molar-refractivity contribution in [2.45, 2.75) is 77.0 Å². The van der Waals surface area contributed by atoms with Gasteiger partial charge in [-0.15, -0.1) is 0 Å². The van der Waals surface area contributed by atoms with Crippen molar-refractivity contribution < 1.29 is 31.5 Å². The van der Waals surface area contributed by atoms with Gasteiger partial charge in [0.05, 0.1) is 22.9 Å². The smallest absolute Gasteiger partial charge is 0.355 e. The van der Waals surface area contributed by atoms with E-state index in [2.05, 4.69) is 21.5 Å². The molecule has 9 nitrogen and oxygen atoms in total. The molecule has 3 aromatic rings. The number of anilines is 1. The molecular weight excluding hydrogens is 635 g/mol. The number of piperazine rings is 1. The van der Waals surface area contributed by atoms with Crippen LogP contribution in [0.3, 0.4) is 0 Å². The van der Waals surface area contributed by atoms with Gasteiger partial charge in [-0.1, -0.05) is 20.4 Å². The van der Waals surface area contributed by atoms with Crippen LogP contribution >= 0.6 is 0 Å². The van der Waals surface area contributed by atoms with E-state index in [4.69, 9.17) is 4.74 Å². The van der Waals surface area contributed by atoms with Gasteiger partial charge < -0.3 is 14.5 Å².